The number of benzene rings is 1. The Balaban J connectivity index is 1.54. The first-order chi connectivity index (χ1) is 16.1. The molecule has 1 amide bonds. The van der Waals surface area contributed by atoms with Crippen molar-refractivity contribution in [3.63, 3.8) is 0 Å². The van der Waals surface area contributed by atoms with Gasteiger partial charge in [0.05, 0.1) is 30.8 Å². The molecule has 0 spiro atoms. The van der Waals surface area contributed by atoms with Crippen molar-refractivity contribution in [2.75, 3.05) is 25.5 Å². The molecular weight excluding hydrogens is 440 g/mol. The second kappa shape index (κ2) is 12.2. The van der Waals surface area contributed by atoms with E-state index in [4.69, 9.17) is 13.9 Å². The summed E-state index contributed by atoms with van der Waals surface area (Å²) in [4.78, 5) is 12.4. The summed E-state index contributed by atoms with van der Waals surface area (Å²) in [5, 5.41) is 12.2. The number of allylic oxidation sites excluding steroid dienone is 1. The van der Waals surface area contributed by atoms with Gasteiger partial charge in [0.15, 0.2) is 22.5 Å². The van der Waals surface area contributed by atoms with Crippen LogP contribution in [0.4, 0.5) is 0 Å². The Bertz CT molecular complexity index is 1080. The van der Waals surface area contributed by atoms with Crippen LogP contribution in [0.1, 0.15) is 25.2 Å². The average molecular weight is 471 g/mol. The SMILES string of the molecule is C=CCn1c(SCC(=O)NCCc2ccc(OCC)c(OCC)c2)nnc1-c1ccoc1C. The molecular formula is C24H30N4O4S. The van der Waals surface area contributed by atoms with Gasteiger partial charge in [-0.25, -0.2) is 0 Å². The van der Waals surface area contributed by atoms with Gasteiger partial charge in [0.25, 0.3) is 0 Å². The van der Waals surface area contributed by atoms with Crippen LogP contribution in [0.2, 0.25) is 0 Å². The first-order valence-electron chi connectivity index (χ1n) is 10.9. The maximum absolute atomic E-state index is 12.4. The van der Waals surface area contributed by atoms with Crippen LogP contribution in [0.5, 0.6) is 11.5 Å². The van der Waals surface area contributed by atoms with Gasteiger partial charge < -0.3 is 19.2 Å². The molecule has 33 heavy (non-hydrogen) atoms. The van der Waals surface area contributed by atoms with Gasteiger partial charge in [-0.3, -0.25) is 9.36 Å². The molecule has 0 fully saturated rings. The normalized spacial score (nSPS) is 10.8. The van der Waals surface area contributed by atoms with Crippen LogP contribution in [0.3, 0.4) is 0 Å². The maximum Gasteiger partial charge on any atom is 0.230 e. The number of carbonyl (C=O) groups is 1. The third-order valence-electron chi connectivity index (χ3n) is 4.80. The molecule has 3 rings (SSSR count). The number of aromatic nitrogens is 3. The zero-order valence-electron chi connectivity index (χ0n) is 19.3. The van der Waals surface area contributed by atoms with E-state index in [2.05, 4.69) is 22.1 Å². The van der Waals surface area contributed by atoms with Gasteiger partial charge in [0, 0.05) is 13.1 Å². The molecule has 0 aliphatic carbocycles. The fraction of sp³-hybridized carbons (Fsp3) is 0.375. The highest BCUT2D eigenvalue weighted by Gasteiger charge is 2.17. The van der Waals surface area contributed by atoms with E-state index >= 15 is 0 Å². The fourth-order valence-electron chi connectivity index (χ4n) is 3.28. The van der Waals surface area contributed by atoms with Crippen molar-refractivity contribution in [3.05, 3.63) is 54.5 Å². The van der Waals surface area contributed by atoms with Gasteiger partial charge in [0.2, 0.25) is 5.91 Å². The predicted molar refractivity (Wildman–Crippen MR) is 129 cm³/mol. The number of hydrogen-bond acceptors (Lipinski definition) is 7. The lowest BCUT2D eigenvalue weighted by Crippen LogP contribution is -2.27. The van der Waals surface area contributed by atoms with Crippen molar-refractivity contribution in [1.29, 1.82) is 0 Å². The quantitative estimate of drug-likeness (QED) is 0.294. The summed E-state index contributed by atoms with van der Waals surface area (Å²) in [5.41, 5.74) is 1.95. The molecule has 0 aliphatic heterocycles. The van der Waals surface area contributed by atoms with Crippen molar-refractivity contribution in [3.8, 4) is 22.9 Å². The number of hydrogen-bond donors (Lipinski definition) is 1. The van der Waals surface area contributed by atoms with E-state index < -0.39 is 0 Å². The molecule has 0 atom stereocenters. The topological polar surface area (TPSA) is 91.4 Å². The summed E-state index contributed by atoms with van der Waals surface area (Å²) in [6.07, 6.45) is 4.10. The molecule has 0 aliphatic rings. The second-order valence-electron chi connectivity index (χ2n) is 7.13. The third kappa shape index (κ3) is 6.41. The number of ether oxygens (including phenoxy) is 2. The Morgan fingerprint density at radius 2 is 2.00 bits per heavy atom. The number of thioether (sulfide) groups is 1. The van der Waals surface area contributed by atoms with Crippen LogP contribution in [0, 0.1) is 6.92 Å². The van der Waals surface area contributed by atoms with Crippen molar-refractivity contribution in [2.24, 2.45) is 0 Å². The molecule has 8 nitrogen and oxygen atoms in total. The van der Waals surface area contributed by atoms with E-state index in [9.17, 15) is 4.79 Å². The molecule has 176 valence electrons. The molecule has 3 aromatic rings. The zero-order valence-corrected chi connectivity index (χ0v) is 20.1. The Hall–Kier alpha value is -3.20. The highest BCUT2D eigenvalue weighted by Crippen LogP contribution is 2.29. The monoisotopic (exact) mass is 470 g/mol. The van der Waals surface area contributed by atoms with Crippen LogP contribution in [0.25, 0.3) is 11.4 Å². The molecule has 0 saturated heterocycles. The van der Waals surface area contributed by atoms with Gasteiger partial charge in [0.1, 0.15) is 5.76 Å². The lowest BCUT2D eigenvalue weighted by atomic mass is 10.1. The molecule has 1 aromatic carbocycles. The van der Waals surface area contributed by atoms with Gasteiger partial charge in [-0.05, 0) is 51.0 Å². The van der Waals surface area contributed by atoms with E-state index in [1.54, 1.807) is 12.3 Å². The smallest absolute Gasteiger partial charge is 0.230 e. The number of aryl methyl sites for hydroxylation is 1. The van der Waals surface area contributed by atoms with Crippen molar-refractivity contribution >= 4 is 17.7 Å². The largest absolute Gasteiger partial charge is 0.490 e. The number of carbonyl (C=O) groups excluding carboxylic acids is 1. The lowest BCUT2D eigenvalue weighted by Gasteiger charge is -2.12. The molecule has 0 unspecified atom stereocenters. The maximum atomic E-state index is 12.4. The summed E-state index contributed by atoms with van der Waals surface area (Å²) in [7, 11) is 0. The Morgan fingerprint density at radius 3 is 2.70 bits per heavy atom. The highest BCUT2D eigenvalue weighted by atomic mass is 32.2. The lowest BCUT2D eigenvalue weighted by molar-refractivity contribution is -0.118. The van der Waals surface area contributed by atoms with Crippen molar-refractivity contribution in [2.45, 2.75) is 38.9 Å². The Kier molecular flexibility index (Phi) is 9.00. The van der Waals surface area contributed by atoms with E-state index in [0.717, 1.165) is 28.4 Å². The predicted octanol–water partition coefficient (Wildman–Crippen LogP) is 4.28. The first-order valence-corrected chi connectivity index (χ1v) is 11.9. The molecule has 0 radical (unpaired) electrons. The fourth-order valence-corrected chi connectivity index (χ4v) is 4.06. The Labute approximate surface area is 198 Å². The number of rotatable bonds is 13. The van der Waals surface area contributed by atoms with Crippen molar-refractivity contribution in [1.82, 2.24) is 20.1 Å². The Morgan fingerprint density at radius 1 is 1.21 bits per heavy atom. The van der Waals surface area contributed by atoms with E-state index in [1.807, 2.05) is 49.6 Å². The van der Waals surface area contributed by atoms with Gasteiger partial charge >= 0.3 is 0 Å². The first kappa shape index (κ1) is 24.4. The van der Waals surface area contributed by atoms with E-state index in [0.29, 0.717) is 43.7 Å². The molecule has 1 N–H and O–H groups in total. The summed E-state index contributed by atoms with van der Waals surface area (Å²) >= 11 is 1.34. The summed E-state index contributed by atoms with van der Waals surface area (Å²) in [5.74, 6) is 3.10. The minimum Gasteiger partial charge on any atom is -0.490 e. The van der Waals surface area contributed by atoms with Gasteiger partial charge in [-0.2, -0.15) is 0 Å². The number of nitrogens with zero attached hydrogens (tertiary/aromatic N) is 3. The molecule has 0 bridgehead atoms. The van der Waals surface area contributed by atoms with Crippen LogP contribution in [-0.4, -0.2) is 46.2 Å². The summed E-state index contributed by atoms with van der Waals surface area (Å²) < 4.78 is 18.6. The minimum absolute atomic E-state index is 0.0647. The number of amides is 1. The van der Waals surface area contributed by atoms with E-state index in [-0.39, 0.29) is 11.7 Å². The molecule has 9 heteroatoms. The summed E-state index contributed by atoms with van der Waals surface area (Å²) in [6, 6.07) is 7.73. The van der Waals surface area contributed by atoms with Crippen LogP contribution in [0.15, 0.2) is 52.8 Å². The van der Waals surface area contributed by atoms with Gasteiger partial charge in [-0.1, -0.05) is 23.9 Å². The standard InChI is InChI=1S/C24H30N4O4S/c1-5-13-28-23(19-11-14-32-17(19)4)26-27-24(28)33-16-22(29)25-12-10-18-8-9-20(30-6-2)21(15-18)31-7-3/h5,8-9,11,14-15H,1,6-7,10,12-13,16H2,2-4H3,(H,25,29). The molecule has 2 aromatic heterocycles. The van der Waals surface area contributed by atoms with Crippen LogP contribution in [-0.2, 0) is 17.8 Å². The summed E-state index contributed by atoms with van der Waals surface area (Å²) in [6.45, 7) is 11.8. The third-order valence-corrected chi connectivity index (χ3v) is 5.77. The van der Waals surface area contributed by atoms with Crippen LogP contribution >= 0.6 is 11.8 Å². The average Bonchev–Trinajstić information content (AvgIpc) is 3.40. The molecule has 2 heterocycles. The zero-order chi connectivity index (χ0) is 23.6. The second-order valence-corrected chi connectivity index (χ2v) is 8.07. The number of nitrogens with one attached hydrogen (secondary N) is 1. The minimum atomic E-state index is -0.0647. The van der Waals surface area contributed by atoms with Gasteiger partial charge in [-0.15, -0.1) is 16.8 Å². The highest BCUT2D eigenvalue weighted by molar-refractivity contribution is 7.99. The molecule has 0 saturated carbocycles. The number of furan rings is 1. The van der Waals surface area contributed by atoms with Crippen molar-refractivity contribution < 1.29 is 18.7 Å². The van der Waals surface area contributed by atoms with Crippen LogP contribution < -0.4 is 14.8 Å². The van der Waals surface area contributed by atoms with E-state index in [1.165, 1.54) is 11.8 Å².